The van der Waals surface area contributed by atoms with Crippen LogP contribution in [0.3, 0.4) is 0 Å². The fraction of sp³-hybridized carbons (Fsp3) is 0.452. The molecule has 1 aromatic carbocycles. The molecule has 2 bridgehead atoms. The maximum atomic E-state index is 11.9. The normalized spacial score (nSPS) is 25.1. The lowest BCUT2D eigenvalue weighted by atomic mass is 9.75. The zero-order chi connectivity index (χ0) is 29.9. The third-order valence-electron chi connectivity index (χ3n) is 9.17. The number of nitrogens with one attached hydrogen (secondary N) is 1. The molecule has 0 amide bonds. The smallest absolute Gasteiger partial charge is 0.222 e. The molecule has 11 heteroatoms. The first-order valence-electron chi connectivity index (χ1n) is 14.5. The van der Waals surface area contributed by atoms with Crippen LogP contribution in [-0.4, -0.2) is 72.3 Å². The van der Waals surface area contributed by atoms with Crippen molar-refractivity contribution in [1.29, 1.82) is 0 Å². The van der Waals surface area contributed by atoms with E-state index in [4.69, 9.17) is 10.7 Å². The molecule has 0 spiro atoms. The van der Waals surface area contributed by atoms with Crippen molar-refractivity contribution in [1.82, 2.24) is 15.0 Å². The lowest BCUT2D eigenvalue weighted by Crippen LogP contribution is -2.57. The van der Waals surface area contributed by atoms with Gasteiger partial charge in [-0.15, -0.1) is 6.58 Å². The van der Waals surface area contributed by atoms with E-state index in [1.54, 1.807) is 0 Å². The van der Waals surface area contributed by atoms with E-state index in [-0.39, 0.29) is 41.6 Å². The Morgan fingerprint density at radius 2 is 2.05 bits per heavy atom. The van der Waals surface area contributed by atoms with Crippen molar-refractivity contribution in [3.05, 3.63) is 54.9 Å². The van der Waals surface area contributed by atoms with E-state index >= 15 is 0 Å². The number of allylic oxidation sites excluding steroid dienone is 2. The van der Waals surface area contributed by atoms with Crippen LogP contribution >= 0.6 is 0 Å². The summed E-state index contributed by atoms with van der Waals surface area (Å²) in [4.78, 5) is 18.5. The van der Waals surface area contributed by atoms with Gasteiger partial charge >= 0.3 is 0 Å². The van der Waals surface area contributed by atoms with Crippen LogP contribution in [-0.2, 0) is 9.84 Å². The number of hydrogen-bond acceptors (Lipinski definition) is 10. The van der Waals surface area contributed by atoms with Crippen LogP contribution < -0.4 is 20.9 Å². The second-order valence-corrected chi connectivity index (χ2v) is 14.3. The van der Waals surface area contributed by atoms with Gasteiger partial charge in [0.25, 0.3) is 0 Å². The first-order valence-corrected chi connectivity index (χ1v) is 16.5. The Balaban J connectivity index is 1.38. The Morgan fingerprint density at radius 3 is 2.74 bits per heavy atom. The number of aromatic nitrogens is 3. The lowest BCUT2D eigenvalue weighted by Gasteiger charge is -2.48. The number of nitrogen functional groups attached to an aromatic ring is 1. The SMILES string of the molecule is C=CCC1c2nc(N)nc(Nc3cc4c(C(=C)C)ccc(N5C[C@H](CS(C)(=O)=O)[C@H]5C)c4cn3)c2N2CCC(O)C1C2. The van der Waals surface area contributed by atoms with Crippen molar-refractivity contribution in [3.63, 3.8) is 0 Å². The van der Waals surface area contributed by atoms with Gasteiger partial charge in [-0.1, -0.05) is 24.3 Å². The molecule has 5 atom stereocenters. The van der Waals surface area contributed by atoms with E-state index in [1.165, 1.54) is 6.26 Å². The quantitative estimate of drug-likeness (QED) is 0.329. The first kappa shape index (κ1) is 28.4. The van der Waals surface area contributed by atoms with Gasteiger partial charge in [-0.3, -0.25) is 0 Å². The van der Waals surface area contributed by atoms with Gasteiger partial charge in [0.05, 0.1) is 17.6 Å². The molecule has 3 aliphatic heterocycles. The van der Waals surface area contributed by atoms with Gasteiger partial charge in [0.1, 0.15) is 21.3 Å². The highest BCUT2D eigenvalue weighted by Crippen LogP contribution is 2.47. The van der Waals surface area contributed by atoms with E-state index in [9.17, 15) is 13.5 Å². The number of nitrogens with zero attached hydrogens (tertiary/aromatic N) is 5. The number of piperidine rings is 1. The van der Waals surface area contributed by atoms with Gasteiger partial charge in [-0.05, 0) is 49.8 Å². The molecule has 3 aromatic rings. The second kappa shape index (κ2) is 10.5. The predicted octanol–water partition coefficient (Wildman–Crippen LogP) is 4.11. The largest absolute Gasteiger partial charge is 0.393 e. The number of rotatable bonds is 8. The maximum Gasteiger partial charge on any atom is 0.222 e. The summed E-state index contributed by atoms with van der Waals surface area (Å²) in [5.41, 5.74) is 10.9. The van der Waals surface area contributed by atoms with Crippen LogP contribution in [0.25, 0.3) is 16.3 Å². The highest BCUT2D eigenvalue weighted by atomic mass is 32.2. The number of benzene rings is 1. The molecule has 0 aliphatic carbocycles. The molecule has 0 saturated carbocycles. The molecule has 5 heterocycles. The van der Waals surface area contributed by atoms with Gasteiger partial charge in [0, 0.05) is 67.0 Å². The fourth-order valence-electron chi connectivity index (χ4n) is 7.01. The summed E-state index contributed by atoms with van der Waals surface area (Å²) in [6.07, 6.45) is 6.02. The van der Waals surface area contributed by atoms with E-state index in [0.717, 1.165) is 45.5 Å². The van der Waals surface area contributed by atoms with Crippen molar-refractivity contribution >= 4 is 55.1 Å². The summed E-state index contributed by atoms with van der Waals surface area (Å²) >= 11 is 0. The van der Waals surface area contributed by atoms with Crippen LogP contribution in [0.4, 0.5) is 29.0 Å². The zero-order valence-electron chi connectivity index (χ0n) is 24.4. The molecule has 2 saturated heterocycles. The molecule has 3 aliphatic rings. The van der Waals surface area contributed by atoms with Crippen molar-refractivity contribution < 1.29 is 13.5 Å². The summed E-state index contributed by atoms with van der Waals surface area (Å²) in [6, 6.07) is 6.27. The third-order valence-corrected chi connectivity index (χ3v) is 10.2. The van der Waals surface area contributed by atoms with E-state index < -0.39 is 9.84 Å². The molecule has 6 rings (SSSR count). The number of fused-ring (bicyclic) bond motifs is 5. The van der Waals surface area contributed by atoms with Gasteiger partial charge < -0.3 is 26.0 Å². The highest BCUT2D eigenvalue weighted by molar-refractivity contribution is 7.90. The Hall–Kier alpha value is -3.70. The Bertz CT molecular complexity index is 1690. The van der Waals surface area contributed by atoms with Gasteiger partial charge in [0.2, 0.25) is 5.95 Å². The molecular weight excluding hydrogens is 550 g/mol. The average molecular weight is 590 g/mol. The van der Waals surface area contributed by atoms with Crippen LogP contribution in [0.15, 0.2) is 43.6 Å². The van der Waals surface area contributed by atoms with Gasteiger partial charge in [-0.25, -0.2) is 18.4 Å². The molecule has 4 N–H and O–H groups in total. The van der Waals surface area contributed by atoms with Gasteiger partial charge in [0.15, 0.2) is 5.82 Å². The predicted molar refractivity (Wildman–Crippen MR) is 170 cm³/mol. The summed E-state index contributed by atoms with van der Waals surface area (Å²) in [7, 11) is -3.04. The first-order chi connectivity index (χ1) is 19.9. The highest BCUT2D eigenvalue weighted by Gasteiger charge is 2.43. The van der Waals surface area contributed by atoms with Crippen LogP contribution in [0.2, 0.25) is 0 Å². The minimum atomic E-state index is -3.04. The minimum absolute atomic E-state index is 0.00192. The van der Waals surface area contributed by atoms with E-state index in [0.29, 0.717) is 37.6 Å². The van der Waals surface area contributed by atoms with Gasteiger partial charge in [-0.2, -0.15) is 4.98 Å². The number of nitrogens with two attached hydrogens (primary N) is 1. The molecule has 2 fully saturated rings. The standard InChI is InChI=1S/C31H39N7O3S/c1-6-7-21-24-15-37(11-10-26(24)39)29-28(21)35-31(32)36-30(29)34-27-12-22-20(17(2)3)8-9-25(23(22)13-33-27)38-14-19(18(38)4)16-42(5,40)41/h6,8-9,12-13,18-19,21,24,26,39H,1-2,7,10-11,14-16H2,3-5H3,(H3,32,33,34,35,36)/t18-,19-,21?,24?,26?/m1/s1. The Kier molecular flexibility index (Phi) is 7.13. The minimum Gasteiger partial charge on any atom is -0.393 e. The third kappa shape index (κ3) is 4.98. The van der Waals surface area contributed by atoms with Crippen LogP contribution in [0.5, 0.6) is 0 Å². The molecule has 3 unspecified atom stereocenters. The molecule has 42 heavy (non-hydrogen) atoms. The van der Waals surface area contributed by atoms with Crippen LogP contribution in [0.1, 0.15) is 43.9 Å². The van der Waals surface area contributed by atoms with Crippen molar-refractivity contribution in [3.8, 4) is 0 Å². The Labute approximate surface area is 247 Å². The molecular formula is C31H39N7O3S. The van der Waals surface area contributed by atoms with Crippen molar-refractivity contribution in [2.75, 3.05) is 52.5 Å². The number of aliphatic hydroxyl groups is 1. The van der Waals surface area contributed by atoms with E-state index in [2.05, 4.69) is 57.3 Å². The average Bonchev–Trinajstić information content (AvgIpc) is 2.93. The molecule has 2 aromatic heterocycles. The zero-order valence-corrected chi connectivity index (χ0v) is 25.2. The number of hydrogen-bond donors (Lipinski definition) is 3. The number of pyridine rings is 1. The molecule has 222 valence electrons. The maximum absolute atomic E-state index is 11.9. The monoisotopic (exact) mass is 589 g/mol. The second-order valence-electron chi connectivity index (χ2n) is 12.2. The van der Waals surface area contributed by atoms with Crippen LogP contribution in [0, 0.1) is 11.8 Å². The number of anilines is 5. The lowest BCUT2D eigenvalue weighted by molar-refractivity contribution is 0.0679. The summed E-state index contributed by atoms with van der Waals surface area (Å²) in [6.45, 7) is 14.3. The fourth-order valence-corrected chi connectivity index (χ4v) is 8.17. The number of aliphatic hydroxyl groups excluding tert-OH is 1. The Morgan fingerprint density at radius 1 is 1.26 bits per heavy atom. The summed E-state index contributed by atoms with van der Waals surface area (Å²) < 4.78 is 23.8. The summed E-state index contributed by atoms with van der Waals surface area (Å²) in [5, 5.41) is 16.2. The number of sulfone groups is 1. The topological polar surface area (TPSA) is 138 Å². The molecule has 0 radical (unpaired) electrons. The summed E-state index contributed by atoms with van der Waals surface area (Å²) in [5.74, 6) is 1.73. The van der Waals surface area contributed by atoms with E-state index in [1.807, 2.05) is 25.3 Å². The van der Waals surface area contributed by atoms with Crippen molar-refractivity contribution in [2.24, 2.45) is 11.8 Å². The molecule has 10 nitrogen and oxygen atoms in total. The van der Waals surface area contributed by atoms with Crippen molar-refractivity contribution in [2.45, 2.75) is 44.8 Å².